The molecular weight excluding hydrogens is 354 g/mol. The summed E-state index contributed by atoms with van der Waals surface area (Å²) in [7, 11) is 1.81. The Bertz CT molecular complexity index is 699. The molecule has 1 aliphatic heterocycles. The molecule has 3 aliphatic rings. The molecule has 1 fully saturated rings. The standard InChI is InChI=1S/C18H22BrN3O/c1-11-16(20)22-18(21-11)15-9-13(19)4-3-12(15)10-17(18)7-5-14(23-2)6-8-17/h3-4,9,14H,5-8,10H2,1-2H3,(H2,20,22)/t14?,17?,18-/m1/s1. The maximum absolute atomic E-state index is 6.15. The van der Waals surface area contributed by atoms with E-state index < -0.39 is 5.66 Å². The highest BCUT2D eigenvalue weighted by Gasteiger charge is 2.60. The zero-order valence-corrected chi connectivity index (χ0v) is 15.2. The summed E-state index contributed by atoms with van der Waals surface area (Å²) in [5.74, 6) is 0.589. The lowest BCUT2D eigenvalue weighted by molar-refractivity contribution is -0.000382. The molecule has 23 heavy (non-hydrogen) atoms. The number of methoxy groups -OCH3 is 1. The fourth-order valence-electron chi connectivity index (χ4n) is 4.64. The lowest BCUT2D eigenvalue weighted by atomic mass is 9.65. The van der Waals surface area contributed by atoms with E-state index in [4.69, 9.17) is 20.5 Å². The van der Waals surface area contributed by atoms with E-state index >= 15 is 0 Å². The summed E-state index contributed by atoms with van der Waals surface area (Å²) in [6.07, 6.45) is 5.67. The van der Waals surface area contributed by atoms with Crippen LogP contribution in [0.3, 0.4) is 0 Å². The number of nitrogens with two attached hydrogens (primary N) is 1. The first-order valence-corrected chi connectivity index (χ1v) is 9.03. The summed E-state index contributed by atoms with van der Waals surface area (Å²) in [5.41, 5.74) is 9.11. The number of nitrogens with zero attached hydrogens (tertiary/aromatic N) is 2. The van der Waals surface area contributed by atoms with Crippen molar-refractivity contribution in [3.63, 3.8) is 0 Å². The summed E-state index contributed by atoms with van der Waals surface area (Å²) >= 11 is 3.61. The smallest absolute Gasteiger partial charge is 0.184 e. The highest BCUT2D eigenvalue weighted by atomic mass is 79.9. The van der Waals surface area contributed by atoms with E-state index in [9.17, 15) is 0 Å². The molecule has 1 saturated carbocycles. The Kier molecular flexibility index (Phi) is 3.43. The van der Waals surface area contributed by atoms with Crippen LogP contribution in [0.15, 0.2) is 32.7 Å². The molecular formula is C18H22BrN3O. The van der Waals surface area contributed by atoms with E-state index in [0.717, 1.165) is 42.3 Å². The number of benzene rings is 1. The summed E-state index contributed by atoms with van der Waals surface area (Å²) < 4.78 is 6.66. The first-order valence-electron chi connectivity index (χ1n) is 8.23. The van der Waals surface area contributed by atoms with Crippen molar-refractivity contribution in [3.8, 4) is 0 Å². The van der Waals surface area contributed by atoms with Crippen LogP contribution in [0.4, 0.5) is 0 Å². The lowest BCUT2D eigenvalue weighted by Crippen LogP contribution is -2.43. The van der Waals surface area contributed by atoms with Crippen LogP contribution >= 0.6 is 15.9 Å². The van der Waals surface area contributed by atoms with Crippen molar-refractivity contribution in [3.05, 3.63) is 33.8 Å². The van der Waals surface area contributed by atoms with Gasteiger partial charge in [0, 0.05) is 22.6 Å². The van der Waals surface area contributed by atoms with Crippen molar-refractivity contribution < 1.29 is 4.74 Å². The normalized spacial score (nSPS) is 35.5. The first-order chi connectivity index (χ1) is 11.0. The molecule has 0 unspecified atom stereocenters. The number of hydrogen-bond acceptors (Lipinski definition) is 4. The predicted octanol–water partition coefficient (Wildman–Crippen LogP) is 3.57. The number of aliphatic imine (C=N–C) groups is 2. The zero-order chi connectivity index (χ0) is 16.2. The van der Waals surface area contributed by atoms with Gasteiger partial charge in [0.05, 0.1) is 11.8 Å². The lowest BCUT2D eigenvalue weighted by Gasteiger charge is -2.44. The van der Waals surface area contributed by atoms with Gasteiger partial charge in [0.25, 0.3) is 0 Å². The molecule has 1 heterocycles. The third-order valence-corrected chi connectivity index (χ3v) is 6.41. The van der Waals surface area contributed by atoms with E-state index in [2.05, 4.69) is 34.1 Å². The molecule has 1 aromatic carbocycles. The number of ether oxygens (including phenoxy) is 1. The van der Waals surface area contributed by atoms with Gasteiger partial charge < -0.3 is 10.5 Å². The monoisotopic (exact) mass is 375 g/mol. The molecule has 5 heteroatoms. The molecule has 4 rings (SSSR count). The average molecular weight is 376 g/mol. The van der Waals surface area contributed by atoms with Gasteiger partial charge in [-0.1, -0.05) is 22.0 Å². The summed E-state index contributed by atoms with van der Waals surface area (Å²) in [6.45, 7) is 1.97. The minimum atomic E-state index is -0.529. The zero-order valence-electron chi connectivity index (χ0n) is 13.6. The summed E-state index contributed by atoms with van der Waals surface area (Å²) in [5, 5.41) is 0. The highest BCUT2D eigenvalue weighted by molar-refractivity contribution is 9.10. The molecule has 4 nitrogen and oxygen atoms in total. The molecule has 0 bridgehead atoms. The topological polar surface area (TPSA) is 60.0 Å². The van der Waals surface area contributed by atoms with Gasteiger partial charge in [-0.2, -0.15) is 0 Å². The second-order valence-corrected chi connectivity index (χ2v) is 7.98. The largest absolute Gasteiger partial charge is 0.382 e. The second kappa shape index (κ2) is 5.15. The Balaban J connectivity index is 1.86. The Morgan fingerprint density at radius 2 is 2.00 bits per heavy atom. The van der Waals surface area contributed by atoms with Crippen molar-refractivity contribution in [2.75, 3.05) is 7.11 Å². The number of amidine groups is 1. The molecule has 2 aliphatic carbocycles. The maximum Gasteiger partial charge on any atom is 0.184 e. The number of hydrogen-bond donors (Lipinski definition) is 1. The summed E-state index contributed by atoms with van der Waals surface area (Å²) in [6, 6.07) is 6.52. The Labute approximate surface area is 145 Å². The van der Waals surface area contributed by atoms with Gasteiger partial charge in [0.2, 0.25) is 0 Å². The van der Waals surface area contributed by atoms with Crippen LogP contribution in [0.25, 0.3) is 0 Å². The van der Waals surface area contributed by atoms with Crippen molar-refractivity contribution in [2.24, 2.45) is 21.1 Å². The Morgan fingerprint density at radius 1 is 1.26 bits per heavy atom. The van der Waals surface area contributed by atoms with Crippen LogP contribution in [0, 0.1) is 5.41 Å². The van der Waals surface area contributed by atoms with Gasteiger partial charge in [-0.05, 0) is 56.7 Å². The molecule has 122 valence electrons. The second-order valence-electron chi connectivity index (χ2n) is 7.06. The van der Waals surface area contributed by atoms with E-state index in [1.807, 2.05) is 14.0 Å². The van der Waals surface area contributed by atoms with Gasteiger partial charge in [-0.3, -0.25) is 4.99 Å². The third-order valence-electron chi connectivity index (χ3n) is 5.92. The summed E-state index contributed by atoms with van der Waals surface area (Å²) in [4.78, 5) is 9.98. The fraction of sp³-hybridized carbons (Fsp3) is 0.556. The number of halogens is 1. The highest BCUT2D eigenvalue weighted by Crippen LogP contribution is 2.61. The molecule has 2 N–H and O–H groups in total. The molecule has 1 atom stereocenters. The van der Waals surface area contributed by atoms with Crippen molar-refractivity contribution in [1.82, 2.24) is 0 Å². The van der Waals surface area contributed by atoms with Crippen LogP contribution in [0.1, 0.15) is 43.7 Å². The van der Waals surface area contributed by atoms with E-state index in [-0.39, 0.29) is 5.41 Å². The maximum atomic E-state index is 6.15. The van der Waals surface area contributed by atoms with Crippen LogP contribution in [0.2, 0.25) is 0 Å². The quantitative estimate of drug-likeness (QED) is 0.815. The van der Waals surface area contributed by atoms with Gasteiger partial charge in [0.15, 0.2) is 5.66 Å². The minimum Gasteiger partial charge on any atom is -0.382 e. The molecule has 1 aromatic rings. The van der Waals surface area contributed by atoms with E-state index in [0.29, 0.717) is 11.9 Å². The van der Waals surface area contributed by atoms with Gasteiger partial charge in [-0.25, -0.2) is 4.99 Å². The van der Waals surface area contributed by atoms with E-state index in [1.165, 1.54) is 11.1 Å². The molecule has 0 radical (unpaired) electrons. The van der Waals surface area contributed by atoms with Crippen molar-refractivity contribution >= 4 is 27.5 Å². The van der Waals surface area contributed by atoms with Gasteiger partial charge in [0.1, 0.15) is 5.84 Å². The van der Waals surface area contributed by atoms with Crippen molar-refractivity contribution in [1.29, 1.82) is 0 Å². The van der Waals surface area contributed by atoms with Gasteiger partial charge in [-0.15, -0.1) is 0 Å². The fourth-order valence-corrected chi connectivity index (χ4v) is 5.00. The Hall–Kier alpha value is -1.20. The number of rotatable bonds is 1. The van der Waals surface area contributed by atoms with Crippen LogP contribution in [0.5, 0.6) is 0 Å². The van der Waals surface area contributed by atoms with Gasteiger partial charge >= 0.3 is 0 Å². The molecule has 2 spiro atoms. The van der Waals surface area contributed by atoms with E-state index in [1.54, 1.807) is 0 Å². The van der Waals surface area contributed by atoms with Crippen LogP contribution in [-0.2, 0) is 16.8 Å². The molecule has 0 aromatic heterocycles. The molecule has 0 saturated heterocycles. The average Bonchev–Trinajstić information content (AvgIpc) is 2.97. The first kappa shape index (κ1) is 15.3. The minimum absolute atomic E-state index is 0.0353. The SMILES string of the molecule is COC1CCC2(CC1)Cc1ccc(Br)cc1[C@]21N=C(C)C(N)=N1. The van der Waals surface area contributed by atoms with Crippen LogP contribution < -0.4 is 5.73 Å². The van der Waals surface area contributed by atoms with Crippen LogP contribution in [-0.4, -0.2) is 24.8 Å². The Morgan fingerprint density at radius 3 is 2.61 bits per heavy atom. The number of fused-ring (bicyclic) bond motifs is 3. The predicted molar refractivity (Wildman–Crippen MR) is 96.0 cm³/mol. The van der Waals surface area contributed by atoms with Crippen molar-refractivity contribution in [2.45, 2.75) is 50.8 Å². The molecule has 0 amide bonds. The third kappa shape index (κ3) is 2.06.